The van der Waals surface area contributed by atoms with Crippen molar-refractivity contribution >= 4 is 34.7 Å². The standard InChI is InChI=1S/C18H18F3N3O3S/c1-10(15-9-14(27-11(15)2)6-7-16(25)26)23-24-17(28)22-13-5-3-4-12(8-13)18(19,20)21/h3-5,8-9H,6-7H2,1-2H3,(H,25,26)(H2,22,24,28)/b23-10-. The van der Waals surface area contributed by atoms with E-state index in [1.165, 1.54) is 12.1 Å². The number of aryl methyl sites for hydroxylation is 2. The maximum Gasteiger partial charge on any atom is 0.416 e. The van der Waals surface area contributed by atoms with Gasteiger partial charge in [-0.15, -0.1) is 0 Å². The molecule has 0 aliphatic rings. The molecule has 0 saturated heterocycles. The Balaban J connectivity index is 2.01. The van der Waals surface area contributed by atoms with Crippen LogP contribution in [-0.4, -0.2) is 21.9 Å². The molecular formula is C18H18F3N3O3S. The molecule has 150 valence electrons. The molecule has 0 unspecified atom stereocenters. The highest BCUT2D eigenvalue weighted by atomic mass is 32.1. The van der Waals surface area contributed by atoms with Gasteiger partial charge < -0.3 is 14.8 Å². The molecule has 0 fully saturated rings. The van der Waals surface area contributed by atoms with Crippen molar-refractivity contribution in [2.45, 2.75) is 32.9 Å². The third-order valence-corrected chi connectivity index (χ3v) is 3.91. The number of carboxylic acid groups (broad SMARTS) is 1. The van der Waals surface area contributed by atoms with Gasteiger partial charge in [0.05, 0.1) is 17.7 Å². The minimum atomic E-state index is -4.45. The molecule has 28 heavy (non-hydrogen) atoms. The van der Waals surface area contributed by atoms with Gasteiger partial charge in [-0.05, 0) is 50.3 Å². The molecule has 3 N–H and O–H groups in total. The van der Waals surface area contributed by atoms with Gasteiger partial charge in [-0.1, -0.05) is 6.07 Å². The second-order valence-corrected chi connectivity index (χ2v) is 6.33. The molecule has 0 saturated carbocycles. The molecule has 1 aromatic carbocycles. The molecule has 0 spiro atoms. The molecule has 1 aromatic heterocycles. The lowest BCUT2D eigenvalue weighted by Gasteiger charge is -2.11. The fourth-order valence-corrected chi connectivity index (χ4v) is 2.55. The van der Waals surface area contributed by atoms with Crippen molar-refractivity contribution in [3.63, 3.8) is 0 Å². The van der Waals surface area contributed by atoms with Gasteiger partial charge in [0, 0.05) is 17.7 Å². The van der Waals surface area contributed by atoms with Crippen LogP contribution in [0.3, 0.4) is 0 Å². The number of benzene rings is 1. The van der Waals surface area contributed by atoms with Crippen LogP contribution in [0.4, 0.5) is 18.9 Å². The molecule has 0 amide bonds. The lowest BCUT2D eigenvalue weighted by atomic mass is 10.1. The highest BCUT2D eigenvalue weighted by Gasteiger charge is 2.30. The van der Waals surface area contributed by atoms with E-state index in [0.717, 1.165) is 12.1 Å². The quantitative estimate of drug-likeness (QED) is 0.371. The number of aliphatic carboxylic acids is 1. The summed E-state index contributed by atoms with van der Waals surface area (Å²) in [4.78, 5) is 10.6. The second-order valence-electron chi connectivity index (χ2n) is 5.92. The van der Waals surface area contributed by atoms with E-state index in [-0.39, 0.29) is 23.6 Å². The van der Waals surface area contributed by atoms with Crippen LogP contribution in [0.5, 0.6) is 0 Å². The van der Waals surface area contributed by atoms with Crippen LogP contribution < -0.4 is 10.7 Å². The fraction of sp³-hybridized carbons (Fsp3) is 0.278. The molecule has 0 aliphatic carbocycles. The first kappa shape index (κ1) is 21.4. The predicted molar refractivity (Wildman–Crippen MR) is 102 cm³/mol. The number of nitrogens with zero attached hydrogens (tertiary/aromatic N) is 1. The van der Waals surface area contributed by atoms with Crippen LogP contribution in [0.25, 0.3) is 0 Å². The Morgan fingerprint density at radius 1 is 1.32 bits per heavy atom. The van der Waals surface area contributed by atoms with Crippen molar-refractivity contribution in [1.29, 1.82) is 0 Å². The number of carbonyl (C=O) groups is 1. The number of hydrazone groups is 1. The summed E-state index contributed by atoms with van der Waals surface area (Å²) in [6.45, 7) is 3.41. The number of carboxylic acids is 1. The summed E-state index contributed by atoms with van der Waals surface area (Å²) in [6.07, 6.45) is -4.24. The van der Waals surface area contributed by atoms with Gasteiger partial charge in [-0.25, -0.2) is 0 Å². The zero-order valence-corrected chi connectivity index (χ0v) is 15.9. The predicted octanol–water partition coefficient (Wildman–Crippen LogP) is 4.33. The lowest BCUT2D eigenvalue weighted by molar-refractivity contribution is -0.138. The number of nitrogens with one attached hydrogen (secondary N) is 2. The summed E-state index contributed by atoms with van der Waals surface area (Å²) >= 11 is 5.05. The Bertz CT molecular complexity index is 907. The Labute approximate surface area is 164 Å². The van der Waals surface area contributed by atoms with Gasteiger partial charge in [-0.2, -0.15) is 18.3 Å². The molecular weight excluding hydrogens is 395 g/mol. The first-order chi connectivity index (χ1) is 13.1. The maximum atomic E-state index is 12.7. The molecule has 2 aromatic rings. The number of rotatable bonds is 6. The minimum Gasteiger partial charge on any atom is -0.481 e. The van der Waals surface area contributed by atoms with Gasteiger partial charge in [0.2, 0.25) is 0 Å². The number of thiocarbonyl (C=S) groups is 1. The number of furan rings is 1. The first-order valence-electron chi connectivity index (χ1n) is 8.16. The minimum absolute atomic E-state index is 0.0194. The topological polar surface area (TPSA) is 86.9 Å². The molecule has 10 heteroatoms. The van der Waals surface area contributed by atoms with Crippen molar-refractivity contribution < 1.29 is 27.5 Å². The van der Waals surface area contributed by atoms with Crippen molar-refractivity contribution in [3.8, 4) is 0 Å². The van der Waals surface area contributed by atoms with Gasteiger partial charge >= 0.3 is 12.1 Å². The Morgan fingerprint density at radius 3 is 2.68 bits per heavy atom. The van der Waals surface area contributed by atoms with E-state index in [9.17, 15) is 18.0 Å². The number of halogens is 3. The molecule has 2 rings (SSSR count). The van der Waals surface area contributed by atoms with Crippen LogP contribution in [0.2, 0.25) is 0 Å². The van der Waals surface area contributed by atoms with E-state index in [1.807, 2.05) is 0 Å². The average Bonchev–Trinajstić information content (AvgIpc) is 2.98. The number of alkyl halides is 3. The molecule has 0 radical (unpaired) electrons. The summed E-state index contributed by atoms with van der Waals surface area (Å²) in [5.74, 6) is 0.169. The van der Waals surface area contributed by atoms with E-state index < -0.39 is 17.7 Å². The van der Waals surface area contributed by atoms with E-state index in [0.29, 0.717) is 22.8 Å². The van der Waals surface area contributed by atoms with Crippen LogP contribution in [-0.2, 0) is 17.4 Å². The van der Waals surface area contributed by atoms with Crippen LogP contribution >= 0.6 is 12.2 Å². The van der Waals surface area contributed by atoms with Crippen LogP contribution in [0.15, 0.2) is 39.9 Å². The summed E-state index contributed by atoms with van der Waals surface area (Å²) in [7, 11) is 0. The zero-order chi connectivity index (χ0) is 20.9. The number of anilines is 1. The summed E-state index contributed by atoms with van der Waals surface area (Å²) in [6, 6.07) is 6.33. The molecule has 0 bridgehead atoms. The van der Waals surface area contributed by atoms with Crippen molar-refractivity contribution in [1.82, 2.24) is 5.43 Å². The Hall–Kier alpha value is -2.88. The summed E-state index contributed by atoms with van der Waals surface area (Å²) in [5, 5.41) is 15.5. The SMILES string of the molecule is C/C(=N/NC(=S)Nc1cccc(C(F)(F)F)c1)c1cc(CCC(=O)O)oc1C. The van der Waals surface area contributed by atoms with Gasteiger partial charge in [0.25, 0.3) is 0 Å². The molecule has 6 nitrogen and oxygen atoms in total. The monoisotopic (exact) mass is 413 g/mol. The third-order valence-electron chi connectivity index (χ3n) is 3.72. The van der Waals surface area contributed by atoms with Gasteiger partial charge in [0.1, 0.15) is 11.5 Å². The normalized spacial score (nSPS) is 12.0. The first-order valence-corrected chi connectivity index (χ1v) is 8.57. The van der Waals surface area contributed by atoms with Crippen LogP contribution in [0.1, 0.15) is 36.0 Å². The fourth-order valence-electron chi connectivity index (χ4n) is 2.38. The van der Waals surface area contributed by atoms with Crippen molar-refractivity contribution in [2.24, 2.45) is 5.10 Å². The summed E-state index contributed by atoms with van der Waals surface area (Å²) in [5.41, 5.74) is 3.15. The second kappa shape index (κ2) is 8.87. The highest BCUT2D eigenvalue weighted by molar-refractivity contribution is 7.80. The maximum absolute atomic E-state index is 12.7. The van der Waals surface area contributed by atoms with E-state index in [4.69, 9.17) is 21.7 Å². The molecule has 0 atom stereocenters. The van der Waals surface area contributed by atoms with Crippen molar-refractivity contribution in [2.75, 3.05) is 5.32 Å². The highest BCUT2D eigenvalue weighted by Crippen LogP contribution is 2.30. The average molecular weight is 413 g/mol. The third kappa shape index (κ3) is 6.08. The Morgan fingerprint density at radius 2 is 2.04 bits per heavy atom. The van der Waals surface area contributed by atoms with Crippen molar-refractivity contribution in [3.05, 3.63) is 53.0 Å². The summed E-state index contributed by atoms with van der Waals surface area (Å²) < 4.78 is 43.7. The van der Waals surface area contributed by atoms with E-state index in [1.54, 1.807) is 19.9 Å². The Kier molecular flexibility index (Phi) is 6.79. The smallest absolute Gasteiger partial charge is 0.416 e. The van der Waals surface area contributed by atoms with Gasteiger partial charge in [0.15, 0.2) is 5.11 Å². The zero-order valence-electron chi connectivity index (χ0n) is 15.1. The molecule has 0 aliphatic heterocycles. The van der Waals surface area contributed by atoms with E-state index >= 15 is 0 Å². The van der Waals surface area contributed by atoms with E-state index in [2.05, 4.69) is 15.8 Å². The largest absolute Gasteiger partial charge is 0.481 e. The lowest BCUT2D eigenvalue weighted by Crippen LogP contribution is -2.25. The van der Waals surface area contributed by atoms with Gasteiger partial charge in [-0.3, -0.25) is 10.2 Å². The number of hydrogen-bond acceptors (Lipinski definition) is 4. The van der Waals surface area contributed by atoms with Crippen LogP contribution in [0, 0.1) is 6.92 Å². The number of hydrogen-bond donors (Lipinski definition) is 3. The molecule has 1 heterocycles.